The second kappa shape index (κ2) is 8.74. The molecule has 0 saturated heterocycles. The quantitative estimate of drug-likeness (QED) is 0.681. The van der Waals surface area contributed by atoms with Gasteiger partial charge in [0.1, 0.15) is 11.6 Å². The van der Waals surface area contributed by atoms with E-state index in [1.165, 1.54) is 18.2 Å². The maximum atomic E-state index is 13.0. The Labute approximate surface area is 147 Å². The highest BCUT2D eigenvalue weighted by atomic mass is 79.9. The number of carbonyl (C=O) groups is 1. The number of nitrogens with one attached hydrogen (secondary N) is 2. The summed E-state index contributed by atoms with van der Waals surface area (Å²) in [4.78, 5) is 11.6. The molecule has 23 heavy (non-hydrogen) atoms. The number of anilines is 1. The predicted octanol–water partition coefficient (Wildman–Crippen LogP) is 4.83. The summed E-state index contributed by atoms with van der Waals surface area (Å²) in [5, 5.41) is 5.74. The minimum Gasteiger partial charge on any atom is -0.492 e. The molecule has 0 heterocycles. The highest BCUT2D eigenvalue weighted by Crippen LogP contribution is 2.27. The first-order chi connectivity index (χ1) is 11.0. The van der Waals surface area contributed by atoms with Gasteiger partial charge in [-0.1, -0.05) is 33.6 Å². The molecule has 7 heteroatoms. The van der Waals surface area contributed by atoms with Crippen LogP contribution in [-0.2, 0) is 0 Å². The lowest BCUT2D eigenvalue weighted by molar-refractivity contribution is 0.250. The smallest absolute Gasteiger partial charge is 0.319 e. The van der Waals surface area contributed by atoms with Crippen molar-refractivity contribution in [2.45, 2.75) is 6.42 Å². The van der Waals surface area contributed by atoms with E-state index in [1.807, 2.05) is 6.07 Å². The largest absolute Gasteiger partial charge is 0.492 e. The Morgan fingerprint density at radius 3 is 2.83 bits per heavy atom. The van der Waals surface area contributed by atoms with Gasteiger partial charge in [0.15, 0.2) is 0 Å². The van der Waals surface area contributed by atoms with Gasteiger partial charge in [0.05, 0.1) is 11.6 Å². The van der Waals surface area contributed by atoms with Crippen LogP contribution in [0.1, 0.15) is 6.42 Å². The topological polar surface area (TPSA) is 50.4 Å². The number of benzene rings is 2. The standard InChI is InChI=1S/C16H15BrClFN2O2/c17-11-5-6-15(14(18)9-11)23-8-2-7-20-16(22)21-13-4-1-3-12(19)10-13/h1,3-6,9-10H,2,7-8H2,(H2,20,21,22). The van der Waals surface area contributed by atoms with E-state index in [0.29, 0.717) is 36.0 Å². The fourth-order valence-corrected chi connectivity index (χ4v) is 2.52. The Kier molecular flexibility index (Phi) is 6.67. The summed E-state index contributed by atoms with van der Waals surface area (Å²) < 4.78 is 19.4. The second-order valence-electron chi connectivity index (χ2n) is 4.67. The first-order valence-electron chi connectivity index (χ1n) is 6.93. The molecule has 4 nitrogen and oxygen atoms in total. The number of amides is 2. The van der Waals surface area contributed by atoms with E-state index >= 15 is 0 Å². The molecule has 0 bridgehead atoms. The highest BCUT2D eigenvalue weighted by molar-refractivity contribution is 9.10. The van der Waals surface area contributed by atoms with Crippen molar-refractivity contribution in [1.29, 1.82) is 0 Å². The third-order valence-electron chi connectivity index (χ3n) is 2.84. The van der Waals surface area contributed by atoms with Gasteiger partial charge in [-0.2, -0.15) is 0 Å². The number of carbonyl (C=O) groups excluding carboxylic acids is 1. The molecule has 0 unspecified atom stereocenters. The molecular weight excluding hydrogens is 387 g/mol. The summed E-state index contributed by atoms with van der Waals surface area (Å²) >= 11 is 9.35. The van der Waals surface area contributed by atoms with Crippen molar-refractivity contribution in [3.05, 3.63) is 57.8 Å². The van der Waals surface area contributed by atoms with E-state index in [2.05, 4.69) is 26.6 Å². The molecule has 0 saturated carbocycles. The third kappa shape index (κ3) is 6.08. The summed E-state index contributed by atoms with van der Waals surface area (Å²) in [6.07, 6.45) is 0.614. The van der Waals surface area contributed by atoms with Crippen LogP contribution in [0.25, 0.3) is 0 Å². The first kappa shape index (κ1) is 17.6. The van der Waals surface area contributed by atoms with E-state index in [1.54, 1.807) is 18.2 Å². The minimum absolute atomic E-state index is 0.391. The molecule has 0 aliphatic heterocycles. The molecule has 0 aliphatic rings. The fraction of sp³-hybridized carbons (Fsp3) is 0.188. The third-order valence-corrected chi connectivity index (χ3v) is 3.63. The van der Waals surface area contributed by atoms with Gasteiger partial charge >= 0.3 is 6.03 Å². The van der Waals surface area contributed by atoms with Gasteiger partial charge < -0.3 is 15.4 Å². The van der Waals surface area contributed by atoms with E-state index < -0.39 is 11.8 Å². The Morgan fingerprint density at radius 1 is 1.26 bits per heavy atom. The molecule has 2 rings (SSSR count). The van der Waals surface area contributed by atoms with Crippen LogP contribution in [0.3, 0.4) is 0 Å². The number of halogens is 3. The fourth-order valence-electron chi connectivity index (χ4n) is 1.79. The molecule has 122 valence electrons. The van der Waals surface area contributed by atoms with Crippen LogP contribution in [0, 0.1) is 5.82 Å². The molecule has 2 amide bonds. The van der Waals surface area contributed by atoms with Crippen LogP contribution in [-0.4, -0.2) is 19.2 Å². The van der Waals surface area contributed by atoms with Gasteiger partial charge in [-0.15, -0.1) is 0 Å². The molecule has 2 aromatic rings. The number of hydrogen-bond acceptors (Lipinski definition) is 2. The Morgan fingerprint density at radius 2 is 2.09 bits per heavy atom. The van der Waals surface area contributed by atoms with Crippen LogP contribution >= 0.6 is 27.5 Å². The monoisotopic (exact) mass is 400 g/mol. The number of hydrogen-bond donors (Lipinski definition) is 2. The maximum absolute atomic E-state index is 13.0. The SMILES string of the molecule is O=C(NCCCOc1ccc(Br)cc1Cl)Nc1cccc(F)c1. The van der Waals surface area contributed by atoms with E-state index in [9.17, 15) is 9.18 Å². The average Bonchev–Trinajstić information content (AvgIpc) is 2.49. The molecule has 0 spiro atoms. The van der Waals surface area contributed by atoms with Gasteiger partial charge in [0.25, 0.3) is 0 Å². The van der Waals surface area contributed by atoms with Crippen molar-refractivity contribution in [3.8, 4) is 5.75 Å². The molecule has 2 N–H and O–H groups in total. The van der Waals surface area contributed by atoms with Crippen molar-refractivity contribution in [3.63, 3.8) is 0 Å². The van der Waals surface area contributed by atoms with E-state index in [0.717, 1.165) is 4.47 Å². The average molecular weight is 402 g/mol. The van der Waals surface area contributed by atoms with Gasteiger partial charge in [-0.3, -0.25) is 0 Å². The van der Waals surface area contributed by atoms with E-state index in [4.69, 9.17) is 16.3 Å². The van der Waals surface area contributed by atoms with Crippen LogP contribution in [0.4, 0.5) is 14.9 Å². The van der Waals surface area contributed by atoms with Crippen molar-refractivity contribution >= 4 is 39.2 Å². The van der Waals surface area contributed by atoms with Crippen LogP contribution in [0.5, 0.6) is 5.75 Å². The minimum atomic E-state index is -0.400. The van der Waals surface area contributed by atoms with Gasteiger partial charge in [0, 0.05) is 16.7 Å². The predicted molar refractivity (Wildman–Crippen MR) is 92.7 cm³/mol. The molecule has 0 fully saturated rings. The first-order valence-corrected chi connectivity index (χ1v) is 8.10. The Bertz CT molecular complexity index is 685. The number of urea groups is 1. The zero-order chi connectivity index (χ0) is 16.7. The zero-order valence-electron chi connectivity index (χ0n) is 12.1. The molecule has 0 radical (unpaired) electrons. The second-order valence-corrected chi connectivity index (χ2v) is 5.99. The summed E-state index contributed by atoms with van der Waals surface area (Å²) in [5.74, 6) is 0.196. The Hall–Kier alpha value is -1.79. The van der Waals surface area contributed by atoms with Crippen molar-refractivity contribution in [2.24, 2.45) is 0 Å². The number of ether oxygens (including phenoxy) is 1. The molecule has 2 aromatic carbocycles. The van der Waals surface area contributed by atoms with E-state index in [-0.39, 0.29) is 0 Å². The zero-order valence-corrected chi connectivity index (χ0v) is 14.5. The van der Waals surface area contributed by atoms with Gasteiger partial charge in [-0.25, -0.2) is 9.18 Å². The molecule has 0 aliphatic carbocycles. The lowest BCUT2D eigenvalue weighted by Gasteiger charge is -2.10. The van der Waals surface area contributed by atoms with Crippen LogP contribution < -0.4 is 15.4 Å². The molecule has 0 aromatic heterocycles. The van der Waals surface area contributed by atoms with Crippen LogP contribution in [0.2, 0.25) is 5.02 Å². The normalized spacial score (nSPS) is 10.2. The highest BCUT2D eigenvalue weighted by Gasteiger charge is 2.04. The van der Waals surface area contributed by atoms with Gasteiger partial charge in [0.2, 0.25) is 0 Å². The lowest BCUT2D eigenvalue weighted by atomic mass is 10.3. The van der Waals surface area contributed by atoms with Gasteiger partial charge in [-0.05, 0) is 42.8 Å². The Balaban J connectivity index is 1.66. The number of rotatable bonds is 6. The lowest BCUT2D eigenvalue weighted by Crippen LogP contribution is -2.30. The summed E-state index contributed by atoms with van der Waals surface area (Å²) in [7, 11) is 0. The molecule has 0 atom stereocenters. The maximum Gasteiger partial charge on any atom is 0.319 e. The van der Waals surface area contributed by atoms with Crippen molar-refractivity contribution < 1.29 is 13.9 Å². The van der Waals surface area contributed by atoms with Crippen molar-refractivity contribution in [1.82, 2.24) is 5.32 Å². The van der Waals surface area contributed by atoms with Crippen LogP contribution in [0.15, 0.2) is 46.9 Å². The summed E-state index contributed by atoms with van der Waals surface area (Å²) in [6, 6.07) is 10.7. The van der Waals surface area contributed by atoms with Crippen molar-refractivity contribution in [2.75, 3.05) is 18.5 Å². The summed E-state index contributed by atoms with van der Waals surface area (Å²) in [6.45, 7) is 0.844. The molecular formula is C16H15BrClFN2O2. The summed E-state index contributed by atoms with van der Waals surface area (Å²) in [5.41, 5.74) is 0.403.